The molecule has 3 aliphatic carbocycles. The van der Waals surface area contributed by atoms with Crippen LogP contribution < -0.4 is 5.32 Å². The summed E-state index contributed by atoms with van der Waals surface area (Å²) in [5, 5.41) is 2.84. The van der Waals surface area contributed by atoms with Gasteiger partial charge in [0.15, 0.2) is 0 Å². The van der Waals surface area contributed by atoms with Crippen LogP contribution in [-0.4, -0.2) is 48.1 Å². The third-order valence-electron chi connectivity index (χ3n) is 8.18. The summed E-state index contributed by atoms with van der Waals surface area (Å²) in [6, 6.07) is 4.43. The van der Waals surface area contributed by atoms with Crippen molar-refractivity contribution in [1.82, 2.24) is 9.80 Å². The first kappa shape index (κ1) is 26.6. The molecule has 1 aromatic rings. The van der Waals surface area contributed by atoms with E-state index in [1.54, 1.807) is 0 Å². The zero-order chi connectivity index (χ0) is 25.1. The average Bonchev–Trinajstić information content (AvgIpc) is 2.79. The first-order chi connectivity index (χ1) is 16.0. The SMILES string of the molecule is CCN(CC)CCCC(C)N(CC1=CCC2CC1C2(C)C)C(=O)Nc1ccc(C(F)(F)F)cc1. The molecule has 0 heterocycles. The van der Waals surface area contributed by atoms with Crippen molar-refractivity contribution >= 4 is 11.7 Å². The van der Waals surface area contributed by atoms with Gasteiger partial charge in [0.25, 0.3) is 0 Å². The lowest BCUT2D eigenvalue weighted by Gasteiger charge is -2.57. The van der Waals surface area contributed by atoms with Crippen LogP contribution in [0.4, 0.5) is 23.7 Å². The monoisotopic (exact) mass is 479 g/mol. The lowest BCUT2D eigenvalue weighted by atomic mass is 9.49. The van der Waals surface area contributed by atoms with Gasteiger partial charge in [0.05, 0.1) is 5.56 Å². The molecule has 34 heavy (non-hydrogen) atoms. The number of nitrogens with zero attached hydrogens (tertiary/aromatic N) is 2. The molecule has 0 aromatic heterocycles. The summed E-state index contributed by atoms with van der Waals surface area (Å²) in [7, 11) is 0. The normalized spacial score (nSPS) is 22.1. The van der Waals surface area contributed by atoms with Gasteiger partial charge in [-0.25, -0.2) is 4.79 Å². The Balaban J connectivity index is 1.71. The number of rotatable bonds is 10. The highest BCUT2D eigenvalue weighted by molar-refractivity contribution is 5.89. The van der Waals surface area contributed by atoms with Gasteiger partial charge in [0.2, 0.25) is 0 Å². The van der Waals surface area contributed by atoms with Crippen LogP contribution in [0.5, 0.6) is 0 Å². The van der Waals surface area contributed by atoms with Crippen molar-refractivity contribution in [2.75, 3.05) is 31.5 Å². The number of anilines is 1. The second kappa shape index (κ2) is 10.7. The van der Waals surface area contributed by atoms with Crippen LogP contribution in [0.25, 0.3) is 0 Å². The third-order valence-corrected chi connectivity index (χ3v) is 8.18. The predicted octanol–water partition coefficient (Wildman–Crippen LogP) is 7.04. The molecule has 3 unspecified atom stereocenters. The molecule has 1 saturated carbocycles. The highest BCUT2D eigenvalue weighted by Gasteiger charge is 2.51. The number of alkyl halides is 3. The van der Waals surface area contributed by atoms with Crippen LogP contribution in [0.2, 0.25) is 0 Å². The van der Waals surface area contributed by atoms with E-state index in [1.807, 2.05) is 4.90 Å². The molecule has 2 bridgehead atoms. The summed E-state index contributed by atoms with van der Waals surface area (Å²) < 4.78 is 38.7. The number of fused-ring (bicyclic) bond motifs is 1. The molecule has 3 atom stereocenters. The minimum absolute atomic E-state index is 0.0202. The lowest BCUT2D eigenvalue weighted by molar-refractivity contribution is -0.137. The number of carbonyl (C=O) groups is 1. The number of urea groups is 1. The zero-order valence-corrected chi connectivity index (χ0v) is 21.2. The topological polar surface area (TPSA) is 35.6 Å². The maximum Gasteiger partial charge on any atom is 0.416 e. The molecule has 0 radical (unpaired) electrons. The molecule has 3 aliphatic rings. The molecule has 4 rings (SSSR count). The highest BCUT2D eigenvalue weighted by atomic mass is 19.4. The van der Waals surface area contributed by atoms with Crippen molar-refractivity contribution in [3.05, 3.63) is 41.5 Å². The van der Waals surface area contributed by atoms with Crippen molar-refractivity contribution in [2.45, 2.75) is 72.5 Å². The quantitative estimate of drug-likeness (QED) is 0.365. The molecule has 7 heteroatoms. The van der Waals surface area contributed by atoms with Crippen molar-refractivity contribution in [1.29, 1.82) is 0 Å². The zero-order valence-electron chi connectivity index (χ0n) is 21.2. The largest absolute Gasteiger partial charge is 0.416 e. The molecule has 190 valence electrons. The van der Waals surface area contributed by atoms with Gasteiger partial charge < -0.3 is 15.1 Å². The van der Waals surface area contributed by atoms with Crippen LogP contribution >= 0.6 is 0 Å². The number of hydrogen-bond donors (Lipinski definition) is 1. The standard InChI is InChI=1S/C27H40F3N3O/c1-6-32(7-2)16-8-9-19(3)33(18-20-10-11-22-17-24(20)26(22,4)5)25(34)31-23-14-12-21(13-15-23)27(28,29)30/h10,12-15,19,22,24H,6-9,11,16-18H2,1-5H3,(H,31,34). The smallest absolute Gasteiger partial charge is 0.318 e. The first-order valence-corrected chi connectivity index (χ1v) is 12.6. The van der Waals surface area contributed by atoms with Crippen LogP contribution in [0.15, 0.2) is 35.9 Å². The second-order valence-corrected chi connectivity index (χ2v) is 10.5. The van der Waals surface area contributed by atoms with E-state index in [9.17, 15) is 18.0 Å². The Bertz CT molecular complexity index is 859. The van der Waals surface area contributed by atoms with E-state index in [1.165, 1.54) is 24.1 Å². The summed E-state index contributed by atoms with van der Waals surface area (Å²) in [4.78, 5) is 17.6. The summed E-state index contributed by atoms with van der Waals surface area (Å²) in [5.74, 6) is 1.22. The molecule has 4 nitrogen and oxygen atoms in total. The van der Waals surface area contributed by atoms with Gasteiger partial charge in [-0.05, 0) is 93.8 Å². The van der Waals surface area contributed by atoms with Gasteiger partial charge in [0, 0.05) is 18.3 Å². The van der Waals surface area contributed by atoms with Crippen LogP contribution in [-0.2, 0) is 6.18 Å². The fraction of sp³-hybridized carbons (Fsp3) is 0.667. The molecular formula is C27H40F3N3O. The molecule has 1 N–H and O–H groups in total. The molecule has 0 saturated heterocycles. The first-order valence-electron chi connectivity index (χ1n) is 12.6. The second-order valence-electron chi connectivity index (χ2n) is 10.5. The van der Waals surface area contributed by atoms with E-state index < -0.39 is 11.7 Å². The van der Waals surface area contributed by atoms with E-state index in [0.717, 1.165) is 56.9 Å². The van der Waals surface area contributed by atoms with E-state index in [0.29, 0.717) is 18.2 Å². The number of benzene rings is 1. The molecule has 1 fully saturated rings. The Morgan fingerprint density at radius 3 is 2.35 bits per heavy atom. The number of carbonyl (C=O) groups excluding carboxylic acids is 1. The van der Waals surface area contributed by atoms with Gasteiger partial charge in [-0.2, -0.15) is 13.2 Å². The molecule has 0 spiro atoms. The maximum atomic E-state index is 13.4. The van der Waals surface area contributed by atoms with Crippen molar-refractivity contribution in [3.8, 4) is 0 Å². The van der Waals surface area contributed by atoms with Gasteiger partial charge in [-0.1, -0.05) is 39.3 Å². The molecule has 0 aliphatic heterocycles. The van der Waals surface area contributed by atoms with Crippen molar-refractivity contribution < 1.29 is 18.0 Å². The van der Waals surface area contributed by atoms with Gasteiger partial charge in [-0.15, -0.1) is 0 Å². The Hall–Kier alpha value is -2.02. The Morgan fingerprint density at radius 2 is 1.82 bits per heavy atom. The fourth-order valence-electron chi connectivity index (χ4n) is 5.52. The van der Waals surface area contributed by atoms with E-state index >= 15 is 0 Å². The molecule has 2 amide bonds. The Morgan fingerprint density at radius 1 is 1.18 bits per heavy atom. The minimum atomic E-state index is -4.39. The summed E-state index contributed by atoms with van der Waals surface area (Å²) >= 11 is 0. The maximum absolute atomic E-state index is 13.4. The molecular weight excluding hydrogens is 439 g/mol. The van der Waals surface area contributed by atoms with Crippen molar-refractivity contribution in [3.63, 3.8) is 0 Å². The van der Waals surface area contributed by atoms with Gasteiger partial charge in [-0.3, -0.25) is 0 Å². The summed E-state index contributed by atoms with van der Waals surface area (Å²) in [6.07, 6.45) is 2.02. The Kier molecular flexibility index (Phi) is 8.38. The Labute approximate surface area is 202 Å². The van der Waals surface area contributed by atoms with Crippen molar-refractivity contribution in [2.24, 2.45) is 17.3 Å². The van der Waals surface area contributed by atoms with E-state index in [2.05, 4.69) is 50.9 Å². The minimum Gasteiger partial charge on any atom is -0.318 e. The van der Waals surface area contributed by atoms with E-state index in [-0.39, 0.29) is 17.5 Å². The number of allylic oxidation sites excluding steroid dienone is 1. The average molecular weight is 480 g/mol. The van der Waals surface area contributed by atoms with E-state index in [4.69, 9.17) is 0 Å². The van der Waals surface area contributed by atoms with Gasteiger partial charge in [0.1, 0.15) is 0 Å². The molecule has 1 aromatic carbocycles. The van der Waals surface area contributed by atoms with Gasteiger partial charge >= 0.3 is 12.2 Å². The number of hydrogen-bond acceptors (Lipinski definition) is 2. The van der Waals surface area contributed by atoms with Crippen LogP contribution in [0.3, 0.4) is 0 Å². The summed E-state index contributed by atoms with van der Waals surface area (Å²) in [5.41, 5.74) is 1.25. The number of nitrogens with one attached hydrogen (secondary N) is 1. The number of amides is 2. The highest BCUT2D eigenvalue weighted by Crippen LogP contribution is 2.59. The number of halogens is 3. The third kappa shape index (κ3) is 5.96. The van der Waals surface area contributed by atoms with Crippen LogP contribution in [0, 0.1) is 17.3 Å². The van der Waals surface area contributed by atoms with Crippen LogP contribution in [0.1, 0.15) is 65.9 Å². The lowest BCUT2D eigenvalue weighted by Crippen LogP contribution is -2.51. The summed E-state index contributed by atoms with van der Waals surface area (Å²) in [6.45, 7) is 14.6. The fourth-order valence-corrected chi connectivity index (χ4v) is 5.52. The predicted molar refractivity (Wildman–Crippen MR) is 132 cm³/mol.